The topological polar surface area (TPSA) is 67.4 Å². The van der Waals surface area contributed by atoms with Crippen LogP contribution in [0.25, 0.3) is 0 Å². The maximum Gasteiger partial charge on any atom is 0.226 e. The van der Waals surface area contributed by atoms with Crippen LogP contribution in [-0.2, 0) is 9.59 Å². The van der Waals surface area contributed by atoms with Crippen LogP contribution in [-0.4, -0.2) is 18.4 Å². The van der Waals surface area contributed by atoms with Crippen LogP contribution in [0.4, 0.5) is 5.69 Å². The molecule has 0 aliphatic heterocycles. The summed E-state index contributed by atoms with van der Waals surface area (Å²) in [5.74, 6) is 1.24. The second kappa shape index (κ2) is 8.33. The molecule has 2 aromatic carbocycles. The van der Waals surface area contributed by atoms with E-state index in [0.29, 0.717) is 18.0 Å². The molecule has 0 saturated heterocycles. The van der Waals surface area contributed by atoms with Gasteiger partial charge in [-0.1, -0.05) is 39.0 Å². The van der Waals surface area contributed by atoms with Gasteiger partial charge in [0, 0.05) is 24.1 Å². The number of nitrogens with one attached hydrogen (secondary N) is 2. The maximum atomic E-state index is 11.9. The van der Waals surface area contributed by atoms with Crippen molar-refractivity contribution in [3.05, 3.63) is 54.6 Å². The first kappa shape index (κ1) is 18.5. The number of hydrogen-bond donors (Lipinski definition) is 2. The van der Waals surface area contributed by atoms with Gasteiger partial charge in [-0.3, -0.25) is 9.59 Å². The highest BCUT2D eigenvalue weighted by molar-refractivity contribution is 5.91. The second-order valence-corrected chi connectivity index (χ2v) is 6.74. The third-order valence-corrected chi connectivity index (χ3v) is 3.44. The van der Waals surface area contributed by atoms with Crippen molar-refractivity contribution in [2.24, 2.45) is 5.41 Å². The fourth-order valence-corrected chi connectivity index (χ4v) is 2.01. The predicted octanol–water partition coefficient (Wildman–Crippen LogP) is 3.97. The van der Waals surface area contributed by atoms with Gasteiger partial charge in [0.2, 0.25) is 11.8 Å². The van der Waals surface area contributed by atoms with Crippen LogP contribution in [0.2, 0.25) is 0 Å². The Bertz CT molecular complexity index is 704. The summed E-state index contributed by atoms with van der Waals surface area (Å²) in [5.41, 5.74) is 0.234. The van der Waals surface area contributed by atoms with Crippen LogP contribution in [0.1, 0.15) is 27.2 Å². The van der Waals surface area contributed by atoms with Gasteiger partial charge in [-0.15, -0.1) is 0 Å². The highest BCUT2D eigenvalue weighted by Crippen LogP contribution is 2.22. The molecule has 0 heterocycles. The van der Waals surface area contributed by atoms with E-state index >= 15 is 0 Å². The third kappa shape index (κ3) is 6.30. The number of rotatable bonds is 6. The number of amides is 2. The van der Waals surface area contributed by atoms with Crippen molar-refractivity contribution < 1.29 is 14.3 Å². The average molecular weight is 340 g/mol. The van der Waals surface area contributed by atoms with Crippen molar-refractivity contribution in [2.75, 3.05) is 11.9 Å². The molecule has 132 valence electrons. The van der Waals surface area contributed by atoms with E-state index in [0.717, 1.165) is 5.75 Å². The first-order chi connectivity index (χ1) is 11.8. The Kier molecular flexibility index (Phi) is 6.17. The minimum atomic E-state index is -0.453. The largest absolute Gasteiger partial charge is 0.457 e. The van der Waals surface area contributed by atoms with E-state index in [9.17, 15) is 9.59 Å². The molecular formula is C20H24N2O3. The number of carbonyl (C=O) groups is 2. The maximum absolute atomic E-state index is 11.9. The highest BCUT2D eigenvalue weighted by Gasteiger charge is 2.20. The Morgan fingerprint density at radius 1 is 0.920 bits per heavy atom. The molecule has 0 spiro atoms. The number of para-hydroxylation sites is 1. The fourth-order valence-electron chi connectivity index (χ4n) is 2.01. The number of ether oxygens (including phenoxy) is 1. The fraction of sp³-hybridized carbons (Fsp3) is 0.300. The molecule has 0 unspecified atom stereocenters. The van der Waals surface area contributed by atoms with Crippen molar-refractivity contribution in [3.63, 3.8) is 0 Å². The van der Waals surface area contributed by atoms with E-state index in [4.69, 9.17) is 4.74 Å². The van der Waals surface area contributed by atoms with Crippen LogP contribution in [0, 0.1) is 5.41 Å². The van der Waals surface area contributed by atoms with Gasteiger partial charge in [-0.2, -0.15) is 0 Å². The number of carbonyl (C=O) groups excluding carboxylic acids is 2. The lowest BCUT2D eigenvalue weighted by Gasteiger charge is -2.17. The first-order valence-corrected chi connectivity index (χ1v) is 8.26. The lowest BCUT2D eigenvalue weighted by molar-refractivity contribution is -0.128. The molecule has 2 rings (SSSR count). The van der Waals surface area contributed by atoms with Gasteiger partial charge in [0.05, 0.1) is 0 Å². The third-order valence-electron chi connectivity index (χ3n) is 3.44. The van der Waals surface area contributed by atoms with Crippen molar-refractivity contribution >= 4 is 17.5 Å². The first-order valence-electron chi connectivity index (χ1n) is 8.26. The van der Waals surface area contributed by atoms with E-state index in [1.807, 2.05) is 51.1 Å². The van der Waals surface area contributed by atoms with Crippen LogP contribution in [0.15, 0.2) is 54.6 Å². The smallest absolute Gasteiger partial charge is 0.226 e. The molecule has 25 heavy (non-hydrogen) atoms. The molecule has 0 radical (unpaired) electrons. The highest BCUT2D eigenvalue weighted by atomic mass is 16.5. The van der Waals surface area contributed by atoms with Crippen molar-refractivity contribution in [3.8, 4) is 11.5 Å². The molecule has 0 atom stereocenters. The molecule has 5 heteroatoms. The zero-order valence-corrected chi connectivity index (χ0v) is 14.8. The van der Waals surface area contributed by atoms with Gasteiger partial charge in [0.1, 0.15) is 11.5 Å². The predicted molar refractivity (Wildman–Crippen MR) is 98.7 cm³/mol. The molecule has 2 N–H and O–H groups in total. The molecule has 0 aliphatic rings. The summed E-state index contributed by atoms with van der Waals surface area (Å²) in [6, 6.07) is 16.6. The zero-order chi connectivity index (χ0) is 18.3. The summed E-state index contributed by atoms with van der Waals surface area (Å²) in [4.78, 5) is 23.7. The quantitative estimate of drug-likeness (QED) is 0.836. The van der Waals surface area contributed by atoms with Crippen molar-refractivity contribution in [1.29, 1.82) is 0 Å². The normalized spacial score (nSPS) is 10.8. The molecular weight excluding hydrogens is 316 g/mol. The van der Waals surface area contributed by atoms with Crippen molar-refractivity contribution in [1.82, 2.24) is 5.32 Å². The minimum Gasteiger partial charge on any atom is -0.457 e. The lowest BCUT2D eigenvalue weighted by Crippen LogP contribution is -2.36. The van der Waals surface area contributed by atoms with E-state index in [1.54, 1.807) is 24.3 Å². The van der Waals surface area contributed by atoms with E-state index < -0.39 is 5.41 Å². The number of anilines is 1. The molecule has 0 aromatic heterocycles. The zero-order valence-electron chi connectivity index (χ0n) is 14.8. The van der Waals surface area contributed by atoms with Crippen LogP contribution in [0.5, 0.6) is 11.5 Å². The molecule has 0 fully saturated rings. The SMILES string of the molecule is CC(C)(C)C(=O)NCCC(=O)Nc1ccc(Oc2ccccc2)cc1. The van der Waals surface area contributed by atoms with Crippen LogP contribution >= 0.6 is 0 Å². The Morgan fingerprint density at radius 3 is 2.12 bits per heavy atom. The van der Waals surface area contributed by atoms with Gasteiger partial charge < -0.3 is 15.4 Å². The molecule has 2 amide bonds. The summed E-state index contributed by atoms with van der Waals surface area (Å²) in [7, 11) is 0. The summed E-state index contributed by atoms with van der Waals surface area (Å²) >= 11 is 0. The number of benzene rings is 2. The van der Waals surface area contributed by atoms with Crippen LogP contribution in [0.3, 0.4) is 0 Å². The summed E-state index contributed by atoms with van der Waals surface area (Å²) in [6.07, 6.45) is 0.226. The van der Waals surface area contributed by atoms with Crippen molar-refractivity contribution in [2.45, 2.75) is 27.2 Å². The second-order valence-electron chi connectivity index (χ2n) is 6.74. The summed E-state index contributed by atoms with van der Waals surface area (Å²) in [5, 5.41) is 5.56. The van der Waals surface area contributed by atoms with E-state index in [2.05, 4.69) is 10.6 Å². The lowest BCUT2D eigenvalue weighted by atomic mass is 9.96. The van der Waals surface area contributed by atoms with Crippen LogP contribution < -0.4 is 15.4 Å². The Balaban J connectivity index is 1.78. The minimum absolute atomic E-state index is 0.0669. The Labute approximate surface area is 148 Å². The molecule has 0 saturated carbocycles. The Morgan fingerprint density at radius 2 is 1.52 bits per heavy atom. The van der Waals surface area contributed by atoms with E-state index in [1.165, 1.54) is 0 Å². The van der Waals surface area contributed by atoms with Gasteiger partial charge in [0.15, 0.2) is 0 Å². The number of hydrogen-bond acceptors (Lipinski definition) is 3. The average Bonchev–Trinajstić information content (AvgIpc) is 2.56. The molecule has 0 aliphatic carbocycles. The standard InChI is InChI=1S/C20H24N2O3/c1-20(2,3)19(24)21-14-13-18(23)22-15-9-11-17(12-10-15)25-16-7-5-4-6-8-16/h4-12H,13-14H2,1-3H3,(H,21,24)(H,22,23). The molecule has 2 aromatic rings. The van der Waals surface area contributed by atoms with Gasteiger partial charge in [0.25, 0.3) is 0 Å². The van der Waals surface area contributed by atoms with Gasteiger partial charge >= 0.3 is 0 Å². The summed E-state index contributed by atoms with van der Waals surface area (Å²) < 4.78 is 5.70. The Hall–Kier alpha value is -2.82. The van der Waals surface area contributed by atoms with Gasteiger partial charge in [-0.05, 0) is 36.4 Å². The molecule has 5 nitrogen and oxygen atoms in total. The monoisotopic (exact) mass is 340 g/mol. The van der Waals surface area contributed by atoms with E-state index in [-0.39, 0.29) is 18.2 Å². The summed E-state index contributed by atoms with van der Waals surface area (Å²) in [6.45, 7) is 5.82. The van der Waals surface area contributed by atoms with Gasteiger partial charge in [-0.25, -0.2) is 0 Å². The molecule has 0 bridgehead atoms.